The molecule has 1 saturated heterocycles. The molecule has 0 saturated carbocycles. The van der Waals surface area contributed by atoms with Gasteiger partial charge in [0, 0.05) is 32.2 Å². The molecule has 10 heteroatoms. The van der Waals surface area contributed by atoms with Crippen molar-refractivity contribution in [2.24, 2.45) is 0 Å². The number of benzene rings is 1. The molecule has 0 bridgehead atoms. The molecule has 1 aromatic carbocycles. The molecule has 0 N–H and O–H groups in total. The number of ether oxygens (including phenoxy) is 2. The van der Waals surface area contributed by atoms with Gasteiger partial charge in [-0.25, -0.2) is 8.42 Å². The first-order chi connectivity index (χ1) is 11.2. The Morgan fingerprint density at radius 2 is 1.71 bits per heavy atom. The van der Waals surface area contributed by atoms with Crippen molar-refractivity contribution in [2.45, 2.75) is 11.1 Å². The standard InChI is InChI=1S/C14H19F3N2O4S/c1-22-11-3-4-12(23-2)13(9-11)24(20,21)19-7-5-18(6-8-19)10-14(15,16)17/h3-4,9H,5-8,10H2,1-2H3. The van der Waals surface area contributed by atoms with Crippen molar-refractivity contribution in [3.8, 4) is 11.5 Å². The molecule has 1 fully saturated rings. The summed E-state index contributed by atoms with van der Waals surface area (Å²) >= 11 is 0. The van der Waals surface area contributed by atoms with Crippen LogP contribution in [0.2, 0.25) is 0 Å². The predicted molar refractivity (Wildman–Crippen MR) is 80.8 cm³/mol. The molecule has 0 atom stereocenters. The highest BCUT2D eigenvalue weighted by molar-refractivity contribution is 7.89. The third-order valence-electron chi connectivity index (χ3n) is 3.72. The summed E-state index contributed by atoms with van der Waals surface area (Å²) in [5.74, 6) is 0.513. The highest BCUT2D eigenvalue weighted by Crippen LogP contribution is 2.31. The van der Waals surface area contributed by atoms with Gasteiger partial charge >= 0.3 is 6.18 Å². The quantitative estimate of drug-likeness (QED) is 0.790. The summed E-state index contributed by atoms with van der Waals surface area (Å²) in [5.41, 5.74) is 0. The Morgan fingerprint density at radius 1 is 1.08 bits per heavy atom. The normalized spacial score (nSPS) is 17.7. The molecule has 0 spiro atoms. The van der Waals surface area contributed by atoms with E-state index in [2.05, 4.69) is 0 Å². The lowest BCUT2D eigenvalue weighted by Gasteiger charge is -2.34. The molecule has 0 radical (unpaired) electrons. The Hall–Kier alpha value is -1.52. The first kappa shape index (κ1) is 18.8. The zero-order valence-electron chi connectivity index (χ0n) is 13.3. The topological polar surface area (TPSA) is 59.1 Å². The van der Waals surface area contributed by atoms with Crippen LogP contribution in [0.3, 0.4) is 0 Å². The maximum atomic E-state index is 12.8. The highest BCUT2D eigenvalue weighted by atomic mass is 32.2. The summed E-state index contributed by atoms with van der Waals surface area (Å²) in [6, 6.07) is 4.39. The van der Waals surface area contributed by atoms with E-state index in [1.54, 1.807) is 6.07 Å². The number of hydrogen-bond donors (Lipinski definition) is 0. The van der Waals surface area contributed by atoms with Crippen molar-refractivity contribution in [3.05, 3.63) is 18.2 Å². The van der Waals surface area contributed by atoms with E-state index >= 15 is 0 Å². The molecule has 0 aromatic heterocycles. The molecule has 1 aliphatic heterocycles. The van der Waals surface area contributed by atoms with E-state index in [4.69, 9.17) is 9.47 Å². The van der Waals surface area contributed by atoms with Gasteiger partial charge in [0.05, 0.1) is 20.8 Å². The van der Waals surface area contributed by atoms with Crippen LogP contribution < -0.4 is 9.47 Å². The molecule has 0 amide bonds. The second-order valence-electron chi connectivity index (χ2n) is 5.31. The van der Waals surface area contributed by atoms with E-state index in [0.29, 0.717) is 5.75 Å². The van der Waals surface area contributed by atoms with Crippen LogP contribution >= 0.6 is 0 Å². The van der Waals surface area contributed by atoms with Crippen molar-refractivity contribution >= 4 is 10.0 Å². The summed E-state index contributed by atoms with van der Waals surface area (Å²) in [7, 11) is -1.12. The van der Waals surface area contributed by atoms with E-state index < -0.39 is 22.7 Å². The Bertz CT molecular complexity index is 671. The Balaban J connectivity index is 2.18. The molecule has 1 heterocycles. The molecular weight excluding hydrogens is 349 g/mol. The van der Waals surface area contributed by atoms with Crippen molar-refractivity contribution in [1.82, 2.24) is 9.21 Å². The first-order valence-electron chi connectivity index (χ1n) is 7.18. The third kappa shape index (κ3) is 4.31. The molecule has 24 heavy (non-hydrogen) atoms. The fourth-order valence-electron chi connectivity index (χ4n) is 2.51. The van der Waals surface area contributed by atoms with E-state index in [0.717, 1.165) is 4.31 Å². The monoisotopic (exact) mass is 368 g/mol. The Kier molecular flexibility index (Phi) is 5.61. The fourth-order valence-corrected chi connectivity index (χ4v) is 4.10. The number of piperazine rings is 1. The van der Waals surface area contributed by atoms with Crippen molar-refractivity contribution < 1.29 is 31.1 Å². The lowest BCUT2D eigenvalue weighted by Crippen LogP contribution is -2.50. The first-order valence-corrected chi connectivity index (χ1v) is 8.62. The van der Waals surface area contributed by atoms with Gasteiger partial charge in [0.15, 0.2) is 0 Å². The van der Waals surface area contributed by atoms with Crippen LogP contribution in [-0.4, -0.2) is 70.7 Å². The molecular formula is C14H19F3N2O4S. The summed E-state index contributed by atoms with van der Waals surface area (Å²) in [6.07, 6.45) is -4.29. The predicted octanol–water partition coefficient (Wildman–Crippen LogP) is 1.57. The summed E-state index contributed by atoms with van der Waals surface area (Å²) in [4.78, 5) is 1.13. The maximum absolute atomic E-state index is 12.8. The minimum absolute atomic E-state index is 0.0151. The van der Waals surface area contributed by atoms with Crippen molar-refractivity contribution in [1.29, 1.82) is 0 Å². The summed E-state index contributed by atoms with van der Waals surface area (Å²) in [6.45, 7) is -1.03. The minimum Gasteiger partial charge on any atom is -0.497 e. The van der Waals surface area contributed by atoms with E-state index in [1.165, 1.54) is 31.3 Å². The zero-order valence-corrected chi connectivity index (χ0v) is 14.2. The highest BCUT2D eigenvalue weighted by Gasteiger charge is 2.35. The second kappa shape index (κ2) is 7.16. The molecule has 1 aromatic rings. The average Bonchev–Trinajstić information content (AvgIpc) is 2.53. The van der Waals surface area contributed by atoms with Gasteiger partial charge in [0.1, 0.15) is 16.4 Å². The number of halogens is 3. The van der Waals surface area contributed by atoms with E-state index in [1.807, 2.05) is 0 Å². The molecule has 2 rings (SSSR count). The van der Waals surface area contributed by atoms with Crippen LogP contribution in [0.25, 0.3) is 0 Å². The fraction of sp³-hybridized carbons (Fsp3) is 0.571. The van der Waals surface area contributed by atoms with Crippen LogP contribution in [0.5, 0.6) is 11.5 Å². The smallest absolute Gasteiger partial charge is 0.401 e. The number of methoxy groups -OCH3 is 2. The maximum Gasteiger partial charge on any atom is 0.401 e. The van der Waals surface area contributed by atoms with Gasteiger partial charge in [-0.2, -0.15) is 17.5 Å². The third-order valence-corrected chi connectivity index (χ3v) is 5.64. The summed E-state index contributed by atoms with van der Waals surface area (Å²) in [5, 5.41) is 0. The number of sulfonamides is 1. The van der Waals surface area contributed by atoms with E-state index in [-0.39, 0.29) is 36.8 Å². The number of alkyl halides is 3. The number of hydrogen-bond acceptors (Lipinski definition) is 5. The summed E-state index contributed by atoms with van der Waals surface area (Å²) < 4.78 is 74.1. The van der Waals surface area contributed by atoms with Crippen LogP contribution in [-0.2, 0) is 10.0 Å². The molecule has 6 nitrogen and oxygen atoms in total. The average molecular weight is 368 g/mol. The molecule has 1 aliphatic rings. The van der Waals surface area contributed by atoms with E-state index in [9.17, 15) is 21.6 Å². The van der Waals surface area contributed by atoms with Crippen LogP contribution in [0.4, 0.5) is 13.2 Å². The van der Waals surface area contributed by atoms with Gasteiger partial charge < -0.3 is 9.47 Å². The van der Waals surface area contributed by atoms with Gasteiger partial charge in [0.2, 0.25) is 10.0 Å². The lowest BCUT2D eigenvalue weighted by atomic mass is 10.3. The van der Waals surface area contributed by atoms with Crippen molar-refractivity contribution in [2.75, 3.05) is 46.9 Å². The number of rotatable bonds is 5. The second-order valence-corrected chi connectivity index (χ2v) is 7.22. The van der Waals surface area contributed by atoms with Gasteiger partial charge in [0.25, 0.3) is 0 Å². The van der Waals surface area contributed by atoms with Crippen LogP contribution in [0.1, 0.15) is 0 Å². The van der Waals surface area contributed by atoms with Gasteiger partial charge in [-0.05, 0) is 12.1 Å². The largest absolute Gasteiger partial charge is 0.497 e. The van der Waals surface area contributed by atoms with Gasteiger partial charge in [-0.15, -0.1) is 0 Å². The minimum atomic E-state index is -4.29. The Morgan fingerprint density at radius 3 is 2.21 bits per heavy atom. The number of nitrogens with zero attached hydrogens (tertiary/aromatic N) is 2. The zero-order chi connectivity index (χ0) is 18.0. The van der Waals surface area contributed by atoms with Crippen molar-refractivity contribution in [3.63, 3.8) is 0 Å². The van der Waals surface area contributed by atoms with Gasteiger partial charge in [-0.1, -0.05) is 0 Å². The molecule has 0 aliphatic carbocycles. The van der Waals surface area contributed by atoms with Crippen LogP contribution in [0, 0.1) is 0 Å². The Labute approximate surface area is 138 Å². The molecule has 0 unspecified atom stereocenters. The lowest BCUT2D eigenvalue weighted by molar-refractivity contribution is -0.148. The van der Waals surface area contributed by atoms with Gasteiger partial charge in [-0.3, -0.25) is 4.90 Å². The molecule has 136 valence electrons. The SMILES string of the molecule is COc1ccc(OC)c(S(=O)(=O)N2CCN(CC(F)(F)F)CC2)c1. The van der Waals surface area contributed by atoms with Crippen LogP contribution in [0.15, 0.2) is 23.1 Å².